The fourth-order valence-electron chi connectivity index (χ4n) is 2.29. The minimum Gasteiger partial charge on any atom is -0.481 e. The van der Waals surface area contributed by atoms with Gasteiger partial charge in [-0.15, -0.1) is 0 Å². The summed E-state index contributed by atoms with van der Waals surface area (Å²) in [4.78, 5) is 26.4. The predicted octanol–water partition coefficient (Wildman–Crippen LogP) is 0.890. The molecule has 0 radical (unpaired) electrons. The minimum absolute atomic E-state index is 0.0165. The highest BCUT2D eigenvalue weighted by Gasteiger charge is 2.35. The number of hydrogen-bond donors (Lipinski definition) is 1. The van der Waals surface area contributed by atoms with Crippen LogP contribution in [0, 0.1) is 11.8 Å². The van der Waals surface area contributed by atoms with Gasteiger partial charge in [-0.3, -0.25) is 14.5 Å². The molecular formula is C14H20N2O4. The average molecular weight is 280 g/mol. The summed E-state index contributed by atoms with van der Waals surface area (Å²) in [5.74, 6) is -0.196. The number of carboxylic acid groups (broad SMARTS) is 1. The van der Waals surface area contributed by atoms with Crippen molar-refractivity contribution in [1.29, 1.82) is 0 Å². The molecule has 20 heavy (non-hydrogen) atoms. The molecule has 2 rings (SSSR count). The zero-order valence-electron chi connectivity index (χ0n) is 11.8. The SMILES string of the molecule is CC(C(=O)O)C1CN(CC(=O)N(C)Cc2ccco2)C1. The summed E-state index contributed by atoms with van der Waals surface area (Å²) in [5.41, 5.74) is 0. The van der Waals surface area contributed by atoms with Gasteiger partial charge in [0.15, 0.2) is 0 Å². The van der Waals surface area contributed by atoms with Gasteiger partial charge in [-0.25, -0.2) is 0 Å². The van der Waals surface area contributed by atoms with Gasteiger partial charge in [-0.1, -0.05) is 6.92 Å². The molecule has 1 fully saturated rings. The highest BCUT2D eigenvalue weighted by Crippen LogP contribution is 2.23. The summed E-state index contributed by atoms with van der Waals surface area (Å²) in [6, 6.07) is 3.62. The van der Waals surface area contributed by atoms with E-state index in [4.69, 9.17) is 9.52 Å². The first kappa shape index (κ1) is 14.6. The van der Waals surface area contributed by atoms with Crippen LogP contribution in [-0.4, -0.2) is 53.5 Å². The number of likely N-dealkylation sites (N-methyl/N-ethyl adjacent to an activating group) is 1. The maximum absolute atomic E-state index is 12.0. The van der Waals surface area contributed by atoms with E-state index in [-0.39, 0.29) is 17.7 Å². The van der Waals surface area contributed by atoms with Gasteiger partial charge in [0.1, 0.15) is 5.76 Å². The van der Waals surface area contributed by atoms with Gasteiger partial charge in [-0.05, 0) is 18.1 Å². The van der Waals surface area contributed by atoms with E-state index in [1.165, 1.54) is 0 Å². The van der Waals surface area contributed by atoms with Crippen LogP contribution in [0.25, 0.3) is 0 Å². The Hall–Kier alpha value is -1.82. The third-order valence-corrected chi connectivity index (χ3v) is 3.84. The van der Waals surface area contributed by atoms with E-state index in [9.17, 15) is 9.59 Å². The van der Waals surface area contributed by atoms with Crippen LogP contribution in [0.3, 0.4) is 0 Å². The van der Waals surface area contributed by atoms with Crippen molar-refractivity contribution in [3.05, 3.63) is 24.2 Å². The molecule has 1 aliphatic heterocycles. The number of nitrogens with zero attached hydrogens (tertiary/aromatic N) is 2. The standard InChI is InChI=1S/C14H20N2O4/c1-10(14(18)19)11-6-16(7-11)9-13(17)15(2)8-12-4-3-5-20-12/h3-5,10-11H,6-9H2,1-2H3,(H,18,19). The van der Waals surface area contributed by atoms with Crippen LogP contribution < -0.4 is 0 Å². The molecule has 0 saturated carbocycles. The Morgan fingerprint density at radius 2 is 2.25 bits per heavy atom. The van der Waals surface area contributed by atoms with Gasteiger partial charge in [0, 0.05) is 20.1 Å². The Labute approximate surface area is 118 Å². The molecule has 110 valence electrons. The van der Waals surface area contributed by atoms with Crippen LogP contribution in [0.15, 0.2) is 22.8 Å². The minimum atomic E-state index is -0.768. The van der Waals surface area contributed by atoms with Gasteiger partial charge in [0.2, 0.25) is 5.91 Å². The van der Waals surface area contributed by atoms with Crippen molar-refractivity contribution >= 4 is 11.9 Å². The Morgan fingerprint density at radius 1 is 1.55 bits per heavy atom. The van der Waals surface area contributed by atoms with Gasteiger partial charge in [0.25, 0.3) is 0 Å². The van der Waals surface area contributed by atoms with Crippen LogP contribution in [0.1, 0.15) is 12.7 Å². The summed E-state index contributed by atoms with van der Waals surface area (Å²) < 4.78 is 5.20. The number of amides is 1. The van der Waals surface area contributed by atoms with Crippen molar-refractivity contribution in [3.63, 3.8) is 0 Å². The zero-order chi connectivity index (χ0) is 14.7. The van der Waals surface area contributed by atoms with Crippen molar-refractivity contribution in [3.8, 4) is 0 Å². The smallest absolute Gasteiger partial charge is 0.306 e. The summed E-state index contributed by atoms with van der Waals surface area (Å²) in [6.45, 7) is 3.85. The lowest BCUT2D eigenvalue weighted by atomic mass is 9.87. The summed E-state index contributed by atoms with van der Waals surface area (Å²) in [6.07, 6.45) is 1.58. The highest BCUT2D eigenvalue weighted by molar-refractivity contribution is 5.78. The number of furan rings is 1. The van der Waals surface area contributed by atoms with E-state index >= 15 is 0 Å². The first-order valence-electron chi connectivity index (χ1n) is 6.69. The van der Waals surface area contributed by atoms with Crippen LogP contribution in [0.2, 0.25) is 0 Å². The average Bonchev–Trinajstić information content (AvgIpc) is 2.84. The van der Waals surface area contributed by atoms with E-state index in [1.807, 2.05) is 11.0 Å². The van der Waals surface area contributed by atoms with Crippen molar-refractivity contribution in [2.75, 3.05) is 26.7 Å². The normalized spacial score (nSPS) is 17.5. The molecular weight excluding hydrogens is 260 g/mol. The molecule has 1 aromatic rings. The lowest BCUT2D eigenvalue weighted by Gasteiger charge is -2.41. The first-order chi connectivity index (χ1) is 9.47. The highest BCUT2D eigenvalue weighted by atomic mass is 16.4. The second-order valence-electron chi connectivity index (χ2n) is 5.41. The molecule has 1 saturated heterocycles. The van der Waals surface area contributed by atoms with Crippen LogP contribution >= 0.6 is 0 Å². The zero-order valence-corrected chi connectivity index (χ0v) is 11.8. The Kier molecular flexibility index (Phi) is 4.44. The molecule has 1 amide bonds. The fourth-order valence-corrected chi connectivity index (χ4v) is 2.29. The summed E-state index contributed by atoms with van der Waals surface area (Å²) >= 11 is 0. The van der Waals surface area contributed by atoms with E-state index < -0.39 is 5.97 Å². The fraction of sp³-hybridized carbons (Fsp3) is 0.571. The topological polar surface area (TPSA) is 74.0 Å². The monoisotopic (exact) mass is 280 g/mol. The maximum Gasteiger partial charge on any atom is 0.306 e. The maximum atomic E-state index is 12.0. The van der Waals surface area contributed by atoms with Gasteiger partial charge in [-0.2, -0.15) is 0 Å². The third kappa shape index (κ3) is 3.39. The number of carbonyl (C=O) groups excluding carboxylic acids is 1. The van der Waals surface area contributed by atoms with Crippen molar-refractivity contribution < 1.29 is 19.1 Å². The van der Waals surface area contributed by atoms with Gasteiger partial charge in [0.05, 0.1) is 25.3 Å². The van der Waals surface area contributed by atoms with Crippen LogP contribution in [0.5, 0.6) is 0 Å². The molecule has 1 atom stereocenters. The largest absolute Gasteiger partial charge is 0.481 e. The number of carbonyl (C=O) groups is 2. The van der Waals surface area contributed by atoms with Gasteiger partial charge < -0.3 is 14.4 Å². The lowest BCUT2D eigenvalue weighted by Crippen LogP contribution is -2.53. The second kappa shape index (κ2) is 6.09. The molecule has 6 heteroatoms. The van der Waals surface area contributed by atoms with E-state index in [2.05, 4.69) is 0 Å². The van der Waals surface area contributed by atoms with Crippen LogP contribution in [-0.2, 0) is 16.1 Å². The Balaban J connectivity index is 1.72. The molecule has 0 aromatic carbocycles. The van der Waals surface area contributed by atoms with Crippen molar-refractivity contribution in [1.82, 2.24) is 9.80 Å². The summed E-state index contributed by atoms with van der Waals surface area (Å²) in [5, 5.41) is 8.91. The molecule has 1 unspecified atom stereocenters. The molecule has 6 nitrogen and oxygen atoms in total. The number of aliphatic carboxylic acids is 1. The third-order valence-electron chi connectivity index (χ3n) is 3.84. The van der Waals surface area contributed by atoms with Crippen molar-refractivity contribution in [2.45, 2.75) is 13.5 Å². The van der Waals surface area contributed by atoms with Gasteiger partial charge >= 0.3 is 5.97 Å². The van der Waals surface area contributed by atoms with E-state index in [0.29, 0.717) is 26.2 Å². The molecule has 1 aromatic heterocycles. The molecule has 0 spiro atoms. The second-order valence-corrected chi connectivity index (χ2v) is 5.41. The molecule has 0 aliphatic carbocycles. The molecule has 1 aliphatic rings. The molecule has 0 bridgehead atoms. The van der Waals surface area contributed by atoms with E-state index in [0.717, 1.165) is 5.76 Å². The molecule has 1 N–H and O–H groups in total. The predicted molar refractivity (Wildman–Crippen MR) is 71.9 cm³/mol. The number of hydrogen-bond acceptors (Lipinski definition) is 4. The lowest BCUT2D eigenvalue weighted by molar-refractivity contribution is -0.146. The van der Waals surface area contributed by atoms with Crippen molar-refractivity contribution in [2.24, 2.45) is 11.8 Å². The Bertz CT molecular complexity index is 466. The van der Waals surface area contributed by atoms with Crippen LogP contribution in [0.4, 0.5) is 0 Å². The quantitative estimate of drug-likeness (QED) is 0.837. The number of likely N-dealkylation sites (tertiary alicyclic amines) is 1. The van der Waals surface area contributed by atoms with E-state index in [1.54, 1.807) is 31.2 Å². The number of rotatable bonds is 6. The first-order valence-corrected chi connectivity index (χ1v) is 6.69. The number of carboxylic acids is 1. The molecule has 2 heterocycles. The summed E-state index contributed by atoms with van der Waals surface area (Å²) in [7, 11) is 1.74. The Morgan fingerprint density at radius 3 is 2.80 bits per heavy atom.